The first kappa shape index (κ1) is 12.5. The van der Waals surface area contributed by atoms with Gasteiger partial charge in [-0.3, -0.25) is 4.79 Å². The van der Waals surface area contributed by atoms with Crippen molar-refractivity contribution in [2.45, 2.75) is 6.29 Å². The lowest BCUT2D eigenvalue weighted by molar-refractivity contribution is -0.0413. The number of carbonyl (C=O) groups is 1. The predicted octanol–water partition coefficient (Wildman–Crippen LogP) is 3.16. The van der Waals surface area contributed by atoms with E-state index in [1.165, 1.54) is 35.6 Å². The van der Waals surface area contributed by atoms with E-state index in [2.05, 4.69) is 0 Å². The molecule has 1 fully saturated rings. The molecule has 3 rings (SSSR count). The summed E-state index contributed by atoms with van der Waals surface area (Å²) in [5.74, 6) is -0.467. The number of thiophene rings is 1. The van der Waals surface area contributed by atoms with Crippen LogP contribution < -0.4 is 0 Å². The molecular formula is C14H11FO3S. The Kier molecular flexibility index (Phi) is 3.42. The van der Waals surface area contributed by atoms with Crippen LogP contribution >= 0.6 is 11.3 Å². The first-order valence-corrected chi connectivity index (χ1v) is 6.69. The molecule has 0 N–H and O–H groups in total. The van der Waals surface area contributed by atoms with Crippen molar-refractivity contribution in [2.24, 2.45) is 0 Å². The molecule has 5 heteroatoms. The van der Waals surface area contributed by atoms with E-state index in [0.717, 1.165) is 4.88 Å². The molecule has 0 aliphatic carbocycles. The average Bonchev–Trinajstić information content (AvgIpc) is 3.10. The Bertz CT molecular complexity index is 585. The molecule has 1 aliphatic heterocycles. The van der Waals surface area contributed by atoms with Gasteiger partial charge in [0.1, 0.15) is 5.82 Å². The zero-order valence-corrected chi connectivity index (χ0v) is 10.8. The Morgan fingerprint density at radius 2 is 1.79 bits per heavy atom. The van der Waals surface area contributed by atoms with Crippen molar-refractivity contribution in [1.29, 1.82) is 0 Å². The molecule has 0 bridgehead atoms. The summed E-state index contributed by atoms with van der Waals surface area (Å²) >= 11 is 1.34. The first-order chi connectivity index (χ1) is 9.24. The maximum Gasteiger partial charge on any atom is 0.202 e. The number of benzene rings is 1. The molecule has 0 radical (unpaired) electrons. The second kappa shape index (κ2) is 5.21. The topological polar surface area (TPSA) is 35.5 Å². The van der Waals surface area contributed by atoms with Gasteiger partial charge < -0.3 is 9.47 Å². The van der Waals surface area contributed by atoms with Gasteiger partial charge in [-0.05, 0) is 36.4 Å². The number of rotatable bonds is 3. The highest BCUT2D eigenvalue weighted by Gasteiger charge is 2.21. The van der Waals surface area contributed by atoms with E-state index in [9.17, 15) is 9.18 Å². The molecule has 0 spiro atoms. The van der Waals surface area contributed by atoms with Gasteiger partial charge in [0.15, 0.2) is 6.29 Å². The molecule has 2 heterocycles. The molecule has 0 unspecified atom stereocenters. The monoisotopic (exact) mass is 278 g/mol. The Morgan fingerprint density at radius 1 is 1.11 bits per heavy atom. The van der Waals surface area contributed by atoms with Crippen molar-refractivity contribution in [3.63, 3.8) is 0 Å². The fourth-order valence-corrected chi connectivity index (χ4v) is 2.84. The normalized spacial score (nSPS) is 15.8. The van der Waals surface area contributed by atoms with Crippen molar-refractivity contribution in [3.8, 4) is 0 Å². The van der Waals surface area contributed by atoms with E-state index in [1.807, 2.05) is 6.07 Å². The molecule has 3 nitrogen and oxygen atoms in total. The molecule has 0 saturated carbocycles. The number of halogens is 1. The molecule has 0 atom stereocenters. The molecule has 1 aromatic carbocycles. The third-order valence-electron chi connectivity index (χ3n) is 2.81. The van der Waals surface area contributed by atoms with E-state index < -0.39 is 0 Å². The highest BCUT2D eigenvalue weighted by Crippen LogP contribution is 2.30. The zero-order chi connectivity index (χ0) is 13.2. The van der Waals surface area contributed by atoms with Crippen molar-refractivity contribution >= 4 is 17.1 Å². The van der Waals surface area contributed by atoms with Crippen LogP contribution in [0.5, 0.6) is 0 Å². The summed E-state index contributed by atoms with van der Waals surface area (Å²) in [5.41, 5.74) is 0.475. The van der Waals surface area contributed by atoms with Crippen molar-refractivity contribution in [3.05, 3.63) is 57.5 Å². The number of hydrogen-bond acceptors (Lipinski definition) is 4. The minimum Gasteiger partial charge on any atom is -0.345 e. The van der Waals surface area contributed by atoms with Gasteiger partial charge in [-0.1, -0.05) is 0 Å². The molecule has 98 valence electrons. The van der Waals surface area contributed by atoms with Crippen LogP contribution in [-0.2, 0) is 9.47 Å². The highest BCUT2D eigenvalue weighted by atomic mass is 32.1. The van der Waals surface area contributed by atoms with E-state index in [0.29, 0.717) is 23.7 Å². The highest BCUT2D eigenvalue weighted by molar-refractivity contribution is 7.14. The minimum absolute atomic E-state index is 0.116. The largest absolute Gasteiger partial charge is 0.345 e. The number of ketones is 1. The summed E-state index contributed by atoms with van der Waals surface area (Å²) in [6, 6.07) is 9.11. The van der Waals surface area contributed by atoms with Gasteiger partial charge >= 0.3 is 0 Å². The molecule has 1 saturated heterocycles. The Morgan fingerprint density at radius 3 is 2.47 bits per heavy atom. The number of hydrogen-bond donors (Lipinski definition) is 0. The zero-order valence-electron chi connectivity index (χ0n) is 9.97. The smallest absolute Gasteiger partial charge is 0.202 e. The maximum absolute atomic E-state index is 12.8. The van der Waals surface area contributed by atoms with Crippen LogP contribution in [0.25, 0.3) is 0 Å². The second-order valence-electron chi connectivity index (χ2n) is 4.11. The third-order valence-corrected chi connectivity index (χ3v) is 3.92. The van der Waals surface area contributed by atoms with Gasteiger partial charge in [0.2, 0.25) is 5.78 Å². The molecule has 2 aromatic rings. The molecule has 0 amide bonds. The fourth-order valence-electron chi connectivity index (χ4n) is 1.87. The Balaban J connectivity index is 1.82. The summed E-state index contributed by atoms with van der Waals surface area (Å²) in [7, 11) is 0. The van der Waals surface area contributed by atoms with Crippen LogP contribution in [-0.4, -0.2) is 19.0 Å². The van der Waals surface area contributed by atoms with Gasteiger partial charge in [0, 0.05) is 5.56 Å². The van der Waals surface area contributed by atoms with E-state index in [4.69, 9.17) is 9.47 Å². The Labute approximate surface area is 113 Å². The van der Waals surface area contributed by atoms with Crippen molar-refractivity contribution in [1.82, 2.24) is 0 Å². The van der Waals surface area contributed by atoms with E-state index in [1.54, 1.807) is 6.07 Å². The van der Waals surface area contributed by atoms with Gasteiger partial charge in [0.05, 0.1) is 23.0 Å². The fraction of sp³-hybridized carbons (Fsp3) is 0.214. The molecule has 19 heavy (non-hydrogen) atoms. The van der Waals surface area contributed by atoms with Crippen LogP contribution in [0.4, 0.5) is 4.39 Å². The summed E-state index contributed by atoms with van der Waals surface area (Å²) in [4.78, 5) is 13.7. The number of ether oxygens (including phenoxy) is 2. The molecular weight excluding hydrogens is 267 g/mol. The average molecular weight is 278 g/mol. The lowest BCUT2D eigenvalue weighted by atomic mass is 10.1. The lowest BCUT2D eigenvalue weighted by Crippen LogP contribution is -1.98. The van der Waals surface area contributed by atoms with Crippen molar-refractivity contribution in [2.75, 3.05) is 13.2 Å². The molecule has 1 aromatic heterocycles. The lowest BCUT2D eigenvalue weighted by Gasteiger charge is -2.04. The first-order valence-electron chi connectivity index (χ1n) is 5.87. The SMILES string of the molecule is O=C(c1ccc(F)cc1)c1ccc(C2OCCO2)s1. The van der Waals surface area contributed by atoms with Crippen LogP contribution in [0.1, 0.15) is 26.4 Å². The summed E-state index contributed by atoms with van der Waals surface area (Å²) in [6.45, 7) is 1.15. The Hall–Kier alpha value is -1.56. The maximum atomic E-state index is 12.8. The van der Waals surface area contributed by atoms with Gasteiger partial charge in [-0.15, -0.1) is 11.3 Å². The van der Waals surface area contributed by atoms with Crippen LogP contribution in [0, 0.1) is 5.82 Å². The quantitative estimate of drug-likeness (QED) is 0.809. The van der Waals surface area contributed by atoms with Crippen LogP contribution in [0.15, 0.2) is 36.4 Å². The van der Waals surface area contributed by atoms with E-state index in [-0.39, 0.29) is 17.9 Å². The second-order valence-corrected chi connectivity index (χ2v) is 5.23. The third kappa shape index (κ3) is 2.58. The minimum atomic E-state index is -0.361. The summed E-state index contributed by atoms with van der Waals surface area (Å²) in [5, 5.41) is 0. The van der Waals surface area contributed by atoms with Gasteiger partial charge in [-0.25, -0.2) is 4.39 Å². The van der Waals surface area contributed by atoms with Gasteiger partial charge in [0.25, 0.3) is 0 Å². The standard InChI is InChI=1S/C14H11FO3S/c15-10-3-1-9(2-4-10)13(16)11-5-6-12(19-11)14-17-7-8-18-14/h1-6,14H,7-8H2. The van der Waals surface area contributed by atoms with Crippen LogP contribution in [0.2, 0.25) is 0 Å². The van der Waals surface area contributed by atoms with Crippen molar-refractivity contribution < 1.29 is 18.7 Å². The summed E-state index contributed by atoms with van der Waals surface area (Å²) in [6.07, 6.45) is -0.361. The van der Waals surface area contributed by atoms with Crippen LogP contribution in [0.3, 0.4) is 0 Å². The number of carbonyl (C=O) groups excluding carboxylic acids is 1. The van der Waals surface area contributed by atoms with Gasteiger partial charge in [-0.2, -0.15) is 0 Å². The summed E-state index contributed by atoms with van der Waals surface area (Å²) < 4.78 is 23.6. The van der Waals surface area contributed by atoms with E-state index >= 15 is 0 Å². The molecule has 1 aliphatic rings. The predicted molar refractivity (Wildman–Crippen MR) is 68.8 cm³/mol.